The Bertz CT molecular complexity index is 246. The Labute approximate surface area is 77.3 Å². The van der Waals surface area contributed by atoms with Crippen LogP contribution in [0.3, 0.4) is 0 Å². The average Bonchev–Trinajstić information content (AvgIpc) is 2.05. The maximum atomic E-state index is 10.2. The van der Waals surface area contributed by atoms with Crippen LogP contribution in [-0.4, -0.2) is 15.7 Å². The largest absolute Gasteiger partial charge is 0.478 e. The summed E-state index contributed by atoms with van der Waals surface area (Å²) in [5, 5.41) is 8.38. The van der Waals surface area contributed by atoms with E-state index in [0.29, 0.717) is 5.56 Å². The second-order valence-corrected chi connectivity index (χ2v) is 2.27. The molecule has 1 rings (SSSR count). The minimum absolute atomic E-state index is 0.331. The summed E-state index contributed by atoms with van der Waals surface area (Å²) in [5.74, 6) is -0.879. The van der Waals surface area contributed by atoms with Crippen molar-refractivity contribution in [1.82, 2.24) is 0 Å². The molecule has 0 spiro atoms. The normalized spacial score (nSPS) is 8.92. The van der Waals surface area contributed by atoms with Crippen molar-refractivity contribution in [3.8, 4) is 0 Å². The second kappa shape index (κ2) is 6.38. The number of carbonyl (C=O) groups is 1. The van der Waals surface area contributed by atoms with Gasteiger partial charge in [-0.3, -0.25) is 0 Å². The van der Waals surface area contributed by atoms with Crippen molar-refractivity contribution < 1.29 is 34.7 Å². The van der Waals surface area contributed by atoms with Crippen LogP contribution in [0.15, 0.2) is 30.3 Å². The van der Waals surface area contributed by atoms with Crippen LogP contribution in [0.4, 0.5) is 0 Å². The van der Waals surface area contributed by atoms with Crippen LogP contribution in [0.2, 0.25) is 0 Å². The summed E-state index contributed by atoms with van der Waals surface area (Å²) in [4.78, 5) is 10.2. The van der Waals surface area contributed by atoms with E-state index in [1.165, 1.54) is 0 Å². The van der Waals surface area contributed by atoms with Crippen molar-refractivity contribution in [2.24, 2.45) is 0 Å². The number of aromatic carboxylic acids is 1. The van der Waals surface area contributed by atoms with E-state index in [9.17, 15) is 4.79 Å². The fraction of sp³-hybridized carbons (Fsp3) is 0. The van der Waals surface area contributed by atoms with Gasteiger partial charge in [0.2, 0.25) is 0 Å². The van der Waals surface area contributed by atoms with Crippen molar-refractivity contribution in [1.29, 1.82) is 0 Å². The van der Waals surface area contributed by atoms with Gasteiger partial charge < -0.3 is 14.4 Å². The third-order valence-corrected chi connectivity index (χ3v) is 1.02. The lowest BCUT2D eigenvalue weighted by Gasteiger charge is -1.88. The molecule has 0 aliphatic carbocycles. The summed E-state index contributed by atoms with van der Waals surface area (Å²) in [6.45, 7) is 0. The zero-order chi connectivity index (χ0) is 10.3. The molecule has 0 radical (unpaired) electrons. The summed E-state index contributed by atoms with van der Waals surface area (Å²) in [6.07, 6.45) is 0. The molecule has 1 aromatic carbocycles. The number of hydrogen-bond acceptors (Lipinski definition) is 4. The lowest BCUT2D eigenvalue weighted by atomic mass is 10.2. The van der Waals surface area contributed by atoms with E-state index in [-0.39, 0.29) is 0 Å². The van der Waals surface area contributed by atoms with Gasteiger partial charge in [-0.2, -0.15) is 0 Å². The Morgan fingerprint density at radius 1 is 1.23 bits per heavy atom. The molecular weight excluding hydrogens is 200 g/mol. The maximum Gasteiger partial charge on any atom is 0.335 e. The van der Waals surface area contributed by atoms with E-state index in [2.05, 4.69) is 0 Å². The Kier molecular flexibility index (Phi) is 5.82. The van der Waals surface area contributed by atoms with Gasteiger partial charge in [0.25, 0.3) is 10.8 Å². The summed E-state index contributed by atoms with van der Waals surface area (Å²) >= 11 is 0. The summed E-state index contributed by atoms with van der Waals surface area (Å²) in [6, 6.07) is 8.30. The molecule has 13 heavy (non-hydrogen) atoms. The first-order valence-corrected chi connectivity index (χ1v) is 4.02. The van der Waals surface area contributed by atoms with Crippen LogP contribution in [-0.2, 0) is 0 Å². The van der Waals surface area contributed by atoms with Crippen LogP contribution >= 0.6 is 0 Å². The van der Waals surface area contributed by atoms with E-state index >= 15 is 0 Å². The highest BCUT2D eigenvalue weighted by Gasteiger charge is 1.96. The van der Waals surface area contributed by atoms with Gasteiger partial charge in [-0.15, -0.1) is 0 Å². The van der Waals surface area contributed by atoms with E-state index in [4.69, 9.17) is 19.1 Å². The number of hydrogen-bond donors (Lipinski definition) is 2. The predicted octanol–water partition coefficient (Wildman–Crippen LogP) is -1.55. The van der Waals surface area contributed by atoms with Crippen molar-refractivity contribution in [3.05, 3.63) is 35.9 Å². The van der Waals surface area contributed by atoms with Gasteiger partial charge in [-0.1, -0.05) is 18.2 Å². The van der Waals surface area contributed by atoms with Gasteiger partial charge in [-0.25, -0.2) is 4.79 Å². The molecule has 2 N–H and O–H groups in total. The predicted molar refractivity (Wildman–Crippen MR) is 35.6 cm³/mol. The Balaban J connectivity index is 0.000000310. The zero-order valence-corrected chi connectivity index (χ0v) is 7.14. The SMILES string of the molecule is O=C(O)c1ccccc1.[O-][Cl+2]([O-])O. The molecule has 0 unspecified atom stereocenters. The van der Waals surface area contributed by atoms with Crippen LogP contribution in [0.1, 0.15) is 10.4 Å². The minimum atomic E-state index is -2.60. The molecule has 0 bridgehead atoms. The Morgan fingerprint density at radius 2 is 1.62 bits per heavy atom. The third-order valence-electron chi connectivity index (χ3n) is 1.02. The lowest BCUT2D eigenvalue weighted by Crippen LogP contribution is -2.30. The first-order valence-electron chi connectivity index (χ1n) is 3.07. The second-order valence-electron chi connectivity index (χ2n) is 1.87. The van der Waals surface area contributed by atoms with Crippen molar-refractivity contribution in [3.63, 3.8) is 0 Å². The lowest BCUT2D eigenvalue weighted by molar-refractivity contribution is -1.63. The Morgan fingerprint density at radius 3 is 1.85 bits per heavy atom. The minimum Gasteiger partial charge on any atom is -0.478 e. The van der Waals surface area contributed by atoms with Crippen LogP contribution < -0.4 is 9.32 Å². The topological polar surface area (TPSA) is 104 Å². The molecule has 6 heteroatoms. The van der Waals surface area contributed by atoms with Crippen LogP contribution in [0.25, 0.3) is 0 Å². The highest BCUT2D eigenvalue weighted by atomic mass is 35.6. The monoisotopic (exact) mass is 206 g/mol. The molecular formula is C7H7ClO5. The van der Waals surface area contributed by atoms with Gasteiger partial charge in [0.05, 0.1) is 5.56 Å². The van der Waals surface area contributed by atoms with Crippen molar-refractivity contribution in [2.45, 2.75) is 0 Å². The number of benzene rings is 1. The third kappa shape index (κ3) is 7.23. The fourth-order valence-corrected chi connectivity index (χ4v) is 0.581. The smallest absolute Gasteiger partial charge is 0.335 e. The number of halogens is 1. The van der Waals surface area contributed by atoms with Gasteiger partial charge >= 0.3 is 5.97 Å². The molecule has 0 atom stereocenters. The molecule has 0 fully saturated rings. The number of rotatable bonds is 1. The summed E-state index contributed by atoms with van der Waals surface area (Å²) in [5.41, 5.74) is 0.331. The van der Waals surface area contributed by atoms with E-state index < -0.39 is 16.8 Å². The van der Waals surface area contributed by atoms with Gasteiger partial charge in [0, 0.05) is 4.66 Å². The Hall–Kier alpha value is -1.14. The molecule has 5 nitrogen and oxygen atoms in total. The van der Waals surface area contributed by atoms with E-state index in [0.717, 1.165) is 0 Å². The first kappa shape index (κ1) is 11.9. The molecule has 0 aliphatic heterocycles. The highest BCUT2D eigenvalue weighted by molar-refractivity contribution is 5.87. The van der Waals surface area contributed by atoms with Crippen LogP contribution in [0, 0.1) is 10.8 Å². The molecule has 0 saturated carbocycles. The number of carboxylic acids is 1. The van der Waals surface area contributed by atoms with Crippen molar-refractivity contribution in [2.75, 3.05) is 0 Å². The fourth-order valence-electron chi connectivity index (χ4n) is 0.581. The van der Waals surface area contributed by atoms with Gasteiger partial charge in [-0.05, 0) is 12.1 Å². The molecule has 0 saturated heterocycles. The van der Waals surface area contributed by atoms with Gasteiger partial charge in [0.1, 0.15) is 0 Å². The quantitative estimate of drug-likeness (QED) is 0.579. The van der Waals surface area contributed by atoms with Gasteiger partial charge in [0.15, 0.2) is 0 Å². The summed E-state index contributed by atoms with van der Waals surface area (Å²) < 4.78 is 24.0. The zero-order valence-electron chi connectivity index (χ0n) is 6.38. The average molecular weight is 207 g/mol. The first-order chi connectivity index (χ1) is 6.04. The number of carboxylic acid groups (broad SMARTS) is 1. The summed E-state index contributed by atoms with van der Waals surface area (Å²) in [7, 11) is -2.60. The standard InChI is InChI=1S/C7H6O2.ClHO3/c8-7(9)6-4-2-1-3-5-6;2-1(3)4/h1-5H,(H,8,9);2H. The molecule has 0 amide bonds. The molecule has 0 heterocycles. The van der Waals surface area contributed by atoms with Crippen molar-refractivity contribution >= 4 is 5.97 Å². The molecule has 72 valence electrons. The highest BCUT2D eigenvalue weighted by Crippen LogP contribution is 1.96. The molecule has 0 aliphatic rings. The van der Waals surface area contributed by atoms with E-state index in [1.54, 1.807) is 30.3 Å². The van der Waals surface area contributed by atoms with Crippen LogP contribution in [0.5, 0.6) is 0 Å². The maximum absolute atomic E-state index is 10.2. The molecule has 0 aromatic heterocycles. The molecule has 1 aromatic rings. The van der Waals surface area contributed by atoms with E-state index in [1.807, 2.05) is 0 Å².